The highest BCUT2D eigenvalue weighted by Gasteiger charge is 2.44. The third-order valence-electron chi connectivity index (χ3n) is 4.81. The molecule has 0 saturated heterocycles. The lowest BCUT2D eigenvalue weighted by Gasteiger charge is -2.38. The van der Waals surface area contributed by atoms with Crippen LogP contribution in [0.3, 0.4) is 0 Å². The lowest BCUT2D eigenvalue weighted by molar-refractivity contribution is -0.133. The van der Waals surface area contributed by atoms with Crippen molar-refractivity contribution in [3.63, 3.8) is 0 Å². The SMILES string of the molecule is CCC(C)C1=C[C@@H]2C(=C(C(=O)O)C(C)(C)C)C[C@H]2C1. The monoisotopic (exact) mass is 262 g/mol. The molecule has 1 N–H and O–H groups in total. The summed E-state index contributed by atoms with van der Waals surface area (Å²) in [5.41, 5.74) is 3.11. The third kappa shape index (κ3) is 2.50. The van der Waals surface area contributed by atoms with E-state index in [9.17, 15) is 9.90 Å². The number of carbonyl (C=O) groups is 1. The van der Waals surface area contributed by atoms with E-state index in [1.807, 2.05) is 20.8 Å². The zero-order valence-corrected chi connectivity index (χ0v) is 12.8. The number of carboxylic acid groups (broad SMARTS) is 1. The first-order chi connectivity index (χ1) is 8.75. The van der Waals surface area contributed by atoms with Gasteiger partial charge in [-0.05, 0) is 36.5 Å². The summed E-state index contributed by atoms with van der Waals surface area (Å²) in [5.74, 6) is 1.01. The van der Waals surface area contributed by atoms with Crippen LogP contribution in [0.4, 0.5) is 0 Å². The molecule has 2 rings (SSSR count). The molecule has 2 aliphatic carbocycles. The first-order valence-electron chi connectivity index (χ1n) is 7.43. The van der Waals surface area contributed by atoms with Crippen molar-refractivity contribution in [1.29, 1.82) is 0 Å². The second-order valence-electron chi connectivity index (χ2n) is 7.20. The average Bonchev–Trinajstić information content (AvgIpc) is 2.60. The highest BCUT2D eigenvalue weighted by atomic mass is 16.4. The maximum atomic E-state index is 11.6. The Morgan fingerprint density at radius 1 is 1.42 bits per heavy atom. The summed E-state index contributed by atoms with van der Waals surface area (Å²) >= 11 is 0. The largest absolute Gasteiger partial charge is 0.478 e. The van der Waals surface area contributed by atoms with Gasteiger partial charge in [0.25, 0.3) is 0 Å². The van der Waals surface area contributed by atoms with E-state index < -0.39 is 5.97 Å². The Bertz CT molecular complexity index is 448. The number of allylic oxidation sites excluding steroid dienone is 3. The van der Waals surface area contributed by atoms with Crippen LogP contribution in [0.25, 0.3) is 0 Å². The molecule has 0 aromatic heterocycles. The van der Waals surface area contributed by atoms with Gasteiger partial charge in [0.2, 0.25) is 0 Å². The molecule has 0 spiro atoms. The minimum Gasteiger partial charge on any atom is -0.478 e. The van der Waals surface area contributed by atoms with E-state index in [0.29, 0.717) is 23.3 Å². The normalized spacial score (nSPS) is 30.3. The summed E-state index contributed by atoms with van der Waals surface area (Å²) in [6, 6.07) is 0. The van der Waals surface area contributed by atoms with Crippen LogP contribution in [0, 0.1) is 23.2 Å². The first-order valence-corrected chi connectivity index (χ1v) is 7.43. The van der Waals surface area contributed by atoms with Gasteiger partial charge in [0.15, 0.2) is 0 Å². The number of fused-ring (bicyclic) bond motifs is 1. The van der Waals surface area contributed by atoms with Crippen LogP contribution in [0.1, 0.15) is 53.9 Å². The summed E-state index contributed by atoms with van der Waals surface area (Å²) in [5, 5.41) is 9.51. The standard InChI is InChI=1S/C17H26O2/c1-6-10(2)11-7-12-9-14(13(12)8-11)15(16(18)19)17(3,4)5/h8,10,12-13H,6-7,9H2,1-5H3,(H,18,19)/t10?,12-,13+/m1/s1. The molecule has 1 fully saturated rings. The highest BCUT2D eigenvalue weighted by molar-refractivity contribution is 5.89. The Hall–Kier alpha value is -1.05. The molecule has 1 unspecified atom stereocenters. The predicted molar refractivity (Wildman–Crippen MR) is 77.9 cm³/mol. The average molecular weight is 262 g/mol. The van der Waals surface area contributed by atoms with E-state index >= 15 is 0 Å². The molecule has 3 atom stereocenters. The molecule has 0 radical (unpaired) electrons. The Morgan fingerprint density at radius 2 is 2.05 bits per heavy atom. The Labute approximate surface area is 116 Å². The maximum Gasteiger partial charge on any atom is 0.332 e. The van der Waals surface area contributed by atoms with E-state index in [0.717, 1.165) is 6.42 Å². The van der Waals surface area contributed by atoms with Gasteiger partial charge in [-0.2, -0.15) is 0 Å². The van der Waals surface area contributed by atoms with Crippen LogP contribution in [0.15, 0.2) is 22.8 Å². The van der Waals surface area contributed by atoms with Crippen molar-refractivity contribution >= 4 is 5.97 Å². The molecular weight excluding hydrogens is 236 g/mol. The van der Waals surface area contributed by atoms with Gasteiger partial charge < -0.3 is 5.11 Å². The highest BCUT2D eigenvalue weighted by Crippen LogP contribution is 2.54. The minimum absolute atomic E-state index is 0.265. The number of hydrogen-bond donors (Lipinski definition) is 1. The zero-order chi connectivity index (χ0) is 14.4. The Morgan fingerprint density at radius 3 is 2.53 bits per heavy atom. The summed E-state index contributed by atoms with van der Waals surface area (Å²) < 4.78 is 0. The second-order valence-corrected chi connectivity index (χ2v) is 7.20. The van der Waals surface area contributed by atoms with Gasteiger partial charge in [0.05, 0.1) is 0 Å². The molecule has 2 aliphatic rings. The number of carboxylic acids is 1. The van der Waals surface area contributed by atoms with Crippen LogP contribution in [0.2, 0.25) is 0 Å². The quantitative estimate of drug-likeness (QED) is 0.603. The molecule has 2 heteroatoms. The minimum atomic E-state index is -0.730. The number of hydrogen-bond acceptors (Lipinski definition) is 1. The van der Waals surface area contributed by atoms with E-state index in [1.54, 1.807) is 5.57 Å². The maximum absolute atomic E-state index is 11.6. The molecule has 0 aromatic carbocycles. The van der Waals surface area contributed by atoms with Gasteiger partial charge in [0.1, 0.15) is 0 Å². The number of aliphatic carboxylic acids is 1. The summed E-state index contributed by atoms with van der Waals surface area (Å²) in [6.07, 6.45) is 5.71. The van der Waals surface area contributed by atoms with Gasteiger partial charge in [-0.3, -0.25) is 0 Å². The van der Waals surface area contributed by atoms with Gasteiger partial charge in [-0.25, -0.2) is 4.79 Å². The van der Waals surface area contributed by atoms with Gasteiger partial charge in [-0.1, -0.05) is 51.8 Å². The molecule has 0 bridgehead atoms. The summed E-state index contributed by atoms with van der Waals surface area (Å²) in [7, 11) is 0. The van der Waals surface area contributed by atoms with Crippen molar-refractivity contribution in [3.05, 3.63) is 22.8 Å². The first kappa shape index (κ1) is 14.4. The molecule has 0 aliphatic heterocycles. The van der Waals surface area contributed by atoms with Crippen molar-refractivity contribution < 1.29 is 9.90 Å². The molecule has 0 heterocycles. The van der Waals surface area contributed by atoms with Crippen LogP contribution in [-0.2, 0) is 4.79 Å². The van der Waals surface area contributed by atoms with Gasteiger partial charge in [0, 0.05) is 11.5 Å². The van der Waals surface area contributed by atoms with Crippen molar-refractivity contribution in [1.82, 2.24) is 0 Å². The third-order valence-corrected chi connectivity index (χ3v) is 4.81. The lowest BCUT2D eigenvalue weighted by Crippen LogP contribution is -2.31. The van der Waals surface area contributed by atoms with Crippen LogP contribution in [-0.4, -0.2) is 11.1 Å². The van der Waals surface area contributed by atoms with Crippen LogP contribution < -0.4 is 0 Å². The molecule has 19 heavy (non-hydrogen) atoms. The Balaban J connectivity index is 2.30. The summed E-state index contributed by atoms with van der Waals surface area (Å²) in [4.78, 5) is 11.6. The molecule has 2 nitrogen and oxygen atoms in total. The van der Waals surface area contributed by atoms with E-state index in [4.69, 9.17) is 0 Å². The van der Waals surface area contributed by atoms with Crippen molar-refractivity contribution in [3.8, 4) is 0 Å². The van der Waals surface area contributed by atoms with E-state index in [-0.39, 0.29) is 5.41 Å². The lowest BCUT2D eigenvalue weighted by atomic mass is 9.65. The number of rotatable bonds is 3. The second kappa shape index (κ2) is 4.81. The topological polar surface area (TPSA) is 37.3 Å². The molecule has 1 saturated carbocycles. The summed E-state index contributed by atoms with van der Waals surface area (Å²) in [6.45, 7) is 10.5. The molecule has 0 aromatic rings. The van der Waals surface area contributed by atoms with Crippen molar-refractivity contribution in [2.45, 2.75) is 53.9 Å². The van der Waals surface area contributed by atoms with Crippen molar-refractivity contribution in [2.75, 3.05) is 0 Å². The van der Waals surface area contributed by atoms with Crippen LogP contribution in [0.5, 0.6) is 0 Å². The zero-order valence-electron chi connectivity index (χ0n) is 12.8. The predicted octanol–water partition coefficient (Wildman–Crippen LogP) is 4.43. The Kier molecular flexibility index (Phi) is 3.63. The van der Waals surface area contributed by atoms with Crippen LogP contribution >= 0.6 is 0 Å². The molecule has 106 valence electrons. The fraction of sp³-hybridized carbons (Fsp3) is 0.706. The van der Waals surface area contributed by atoms with Gasteiger partial charge in [-0.15, -0.1) is 0 Å². The van der Waals surface area contributed by atoms with Gasteiger partial charge >= 0.3 is 5.97 Å². The fourth-order valence-electron chi connectivity index (χ4n) is 3.54. The molecular formula is C17H26O2. The smallest absolute Gasteiger partial charge is 0.332 e. The van der Waals surface area contributed by atoms with E-state index in [1.165, 1.54) is 18.4 Å². The van der Waals surface area contributed by atoms with E-state index in [2.05, 4.69) is 19.9 Å². The molecule has 0 amide bonds. The fourth-order valence-corrected chi connectivity index (χ4v) is 3.54. The van der Waals surface area contributed by atoms with Crippen molar-refractivity contribution in [2.24, 2.45) is 23.2 Å².